The van der Waals surface area contributed by atoms with Gasteiger partial charge in [0.05, 0.1) is 22.9 Å². The number of carbonyl (C=O) groups excluding carboxylic acids is 2. The average molecular weight is 521 g/mol. The number of carbonyl (C=O) groups is 2. The molecule has 1 unspecified atom stereocenters. The van der Waals surface area contributed by atoms with Crippen LogP contribution in [0, 0.1) is 5.82 Å². The third kappa shape index (κ3) is 4.73. The Morgan fingerprint density at radius 1 is 1.26 bits per heavy atom. The summed E-state index contributed by atoms with van der Waals surface area (Å²) in [6, 6.07) is 9.31. The first-order valence-corrected chi connectivity index (χ1v) is 11.9. The van der Waals surface area contributed by atoms with E-state index in [1.165, 1.54) is 34.8 Å². The van der Waals surface area contributed by atoms with Crippen LogP contribution < -0.4 is 10.1 Å². The van der Waals surface area contributed by atoms with Crippen LogP contribution in [-0.2, 0) is 0 Å². The topological polar surface area (TPSA) is 58.6 Å². The van der Waals surface area contributed by atoms with E-state index >= 15 is 0 Å². The van der Waals surface area contributed by atoms with Crippen LogP contribution in [0.2, 0.25) is 0 Å². The van der Waals surface area contributed by atoms with Gasteiger partial charge >= 0.3 is 0 Å². The van der Waals surface area contributed by atoms with Gasteiger partial charge in [0.2, 0.25) is 0 Å². The van der Waals surface area contributed by atoms with Gasteiger partial charge in [0, 0.05) is 24.7 Å². The Kier molecular flexibility index (Phi) is 6.54. The maximum Gasteiger partial charge on any atom is 0.264 e. The molecular formula is C22H18BrFN2O3S2. The molecule has 9 heteroatoms. The number of hydrogen-bond acceptors (Lipinski definition) is 5. The van der Waals surface area contributed by atoms with E-state index in [0.29, 0.717) is 28.6 Å². The van der Waals surface area contributed by atoms with Crippen LogP contribution in [0.5, 0.6) is 5.75 Å². The van der Waals surface area contributed by atoms with Gasteiger partial charge in [0.15, 0.2) is 0 Å². The molecule has 31 heavy (non-hydrogen) atoms. The highest BCUT2D eigenvalue weighted by atomic mass is 79.9. The van der Waals surface area contributed by atoms with Crippen molar-refractivity contribution in [2.75, 3.05) is 20.2 Å². The van der Waals surface area contributed by atoms with E-state index in [1.54, 1.807) is 30.2 Å². The lowest BCUT2D eigenvalue weighted by Gasteiger charge is -2.29. The predicted molar refractivity (Wildman–Crippen MR) is 125 cm³/mol. The molecule has 4 rings (SSSR count). The highest BCUT2D eigenvalue weighted by Crippen LogP contribution is 2.35. The first kappa shape index (κ1) is 21.7. The van der Waals surface area contributed by atoms with Crippen LogP contribution in [0.1, 0.15) is 19.3 Å². The van der Waals surface area contributed by atoms with Gasteiger partial charge in [-0.25, -0.2) is 4.39 Å². The highest BCUT2D eigenvalue weighted by Gasteiger charge is 2.26. The molecule has 1 N–H and O–H groups in total. The minimum Gasteiger partial charge on any atom is -0.495 e. The maximum atomic E-state index is 13.2. The summed E-state index contributed by atoms with van der Waals surface area (Å²) in [5.41, 5.74) is 1.53. The van der Waals surface area contributed by atoms with Gasteiger partial charge in [-0.2, -0.15) is 0 Å². The van der Waals surface area contributed by atoms with Gasteiger partial charge in [-0.05, 0) is 45.1 Å². The fourth-order valence-corrected chi connectivity index (χ4v) is 5.75. The largest absolute Gasteiger partial charge is 0.495 e. The molecule has 3 aromatic rings. The van der Waals surface area contributed by atoms with E-state index in [1.807, 2.05) is 23.6 Å². The monoisotopic (exact) mass is 520 g/mol. The molecular weight excluding hydrogens is 503 g/mol. The fourth-order valence-electron chi connectivity index (χ4n) is 3.31. The van der Waals surface area contributed by atoms with Gasteiger partial charge < -0.3 is 15.0 Å². The number of thiophene rings is 2. The molecule has 0 bridgehead atoms. The van der Waals surface area contributed by atoms with Crippen molar-refractivity contribution in [1.82, 2.24) is 10.2 Å². The van der Waals surface area contributed by atoms with E-state index in [4.69, 9.17) is 4.74 Å². The molecule has 0 saturated heterocycles. The van der Waals surface area contributed by atoms with Crippen molar-refractivity contribution in [3.63, 3.8) is 0 Å². The van der Waals surface area contributed by atoms with E-state index in [-0.39, 0.29) is 23.7 Å². The van der Waals surface area contributed by atoms with Crippen LogP contribution in [0.4, 0.5) is 4.39 Å². The summed E-state index contributed by atoms with van der Waals surface area (Å²) in [7, 11) is 1.56. The molecule has 3 heterocycles. The van der Waals surface area contributed by atoms with E-state index in [0.717, 1.165) is 14.9 Å². The number of benzene rings is 1. The second-order valence-electron chi connectivity index (χ2n) is 6.84. The van der Waals surface area contributed by atoms with Gasteiger partial charge in [-0.15, -0.1) is 22.7 Å². The number of nitrogens with zero attached hydrogens (tertiary/aromatic N) is 1. The molecule has 0 saturated carbocycles. The number of hydrogen-bond donors (Lipinski definition) is 1. The summed E-state index contributed by atoms with van der Waals surface area (Å²) in [6.45, 7) is 0.846. The third-order valence-electron chi connectivity index (χ3n) is 4.83. The van der Waals surface area contributed by atoms with Crippen molar-refractivity contribution in [3.05, 3.63) is 73.3 Å². The minimum absolute atomic E-state index is 0.110. The van der Waals surface area contributed by atoms with Crippen molar-refractivity contribution in [2.24, 2.45) is 0 Å². The number of amides is 2. The Labute approximate surface area is 195 Å². The van der Waals surface area contributed by atoms with Gasteiger partial charge in [-0.3, -0.25) is 9.59 Å². The molecule has 0 fully saturated rings. The van der Waals surface area contributed by atoms with Gasteiger partial charge in [0.25, 0.3) is 11.8 Å². The first-order chi connectivity index (χ1) is 15.0. The number of halogens is 2. The summed E-state index contributed by atoms with van der Waals surface area (Å²) in [5.74, 6) is -0.0335. The summed E-state index contributed by atoms with van der Waals surface area (Å²) in [4.78, 5) is 28.6. The average Bonchev–Trinajstić information content (AvgIpc) is 3.41. The predicted octanol–water partition coefficient (Wildman–Crippen LogP) is 5.20. The molecule has 1 aliphatic heterocycles. The lowest BCUT2D eigenvalue weighted by molar-refractivity contribution is 0.0749. The van der Waals surface area contributed by atoms with Crippen LogP contribution >= 0.6 is 38.6 Å². The first-order valence-electron chi connectivity index (χ1n) is 9.40. The van der Waals surface area contributed by atoms with Crippen molar-refractivity contribution < 1.29 is 18.7 Å². The zero-order valence-corrected chi connectivity index (χ0v) is 19.7. The molecule has 0 aliphatic carbocycles. The number of methoxy groups -OCH3 is 1. The second kappa shape index (κ2) is 9.33. The summed E-state index contributed by atoms with van der Waals surface area (Å²) in [6.07, 6.45) is 3.78. The van der Waals surface area contributed by atoms with E-state index in [2.05, 4.69) is 21.2 Å². The minimum atomic E-state index is -0.322. The number of rotatable bonds is 5. The Morgan fingerprint density at radius 3 is 2.74 bits per heavy atom. The zero-order chi connectivity index (χ0) is 22.0. The Bertz CT molecular complexity index is 1140. The molecule has 1 aromatic carbocycles. The second-order valence-corrected chi connectivity index (χ2v) is 10.1. The Hall–Kier alpha value is -2.49. The summed E-state index contributed by atoms with van der Waals surface area (Å²) >= 11 is 6.04. The molecule has 1 atom stereocenters. The maximum absolute atomic E-state index is 13.2. The molecule has 0 radical (unpaired) electrons. The molecule has 0 spiro atoms. The Balaban J connectivity index is 1.45. The molecule has 2 amide bonds. The van der Waals surface area contributed by atoms with Crippen molar-refractivity contribution in [2.45, 2.75) is 6.04 Å². The summed E-state index contributed by atoms with van der Waals surface area (Å²) in [5, 5.41) is 4.83. The SMILES string of the molecule is COc1cc(C(=O)N2CC=CC(NC(=O)c3sccc3-c3ccc(F)cc3)C2)sc1Br. The smallest absolute Gasteiger partial charge is 0.264 e. The van der Waals surface area contributed by atoms with Gasteiger partial charge in [0.1, 0.15) is 15.4 Å². The standard InChI is InChI=1S/C22H18BrFN2O3S2/c1-29-17-11-18(31-20(17)23)22(28)26-9-2-3-15(12-26)25-21(27)19-16(8-10-30-19)13-4-6-14(24)7-5-13/h2-8,10-11,15H,9,12H2,1H3,(H,25,27). The fraction of sp³-hybridized carbons (Fsp3) is 0.182. The van der Waals surface area contributed by atoms with E-state index in [9.17, 15) is 14.0 Å². The van der Waals surface area contributed by atoms with Gasteiger partial charge in [-0.1, -0.05) is 24.3 Å². The van der Waals surface area contributed by atoms with Crippen LogP contribution in [0.15, 0.2) is 57.7 Å². The molecule has 5 nitrogen and oxygen atoms in total. The zero-order valence-electron chi connectivity index (χ0n) is 16.4. The van der Waals surface area contributed by atoms with Crippen LogP contribution in [-0.4, -0.2) is 43.0 Å². The van der Waals surface area contributed by atoms with Crippen molar-refractivity contribution >= 4 is 50.4 Å². The highest BCUT2D eigenvalue weighted by molar-refractivity contribution is 9.11. The van der Waals surface area contributed by atoms with Crippen molar-refractivity contribution in [1.29, 1.82) is 0 Å². The van der Waals surface area contributed by atoms with Crippen LogP contribution in [0.3, 0.4) is 0 Å². The molecule has 160 valence electrons. The summed E-state index contributed by atoms with van der Waals surface area (Å²) < 4.78 is 19.2. The molecule has 2 aromatic heterocycles. The third-order valence-corrected chi connectivity index (χ3v) is 7.51. The lowest BCUT2D eigenvalue weighted by atomic mass is 10.1. The number of ether oxygens (including phenoxy) is 1. The molecule has 1 aliphatic rings. The van der Waals surface area contributed by atoms with E-state index < -0.39 is 0 Å². The number of nitrogens with one attached hydrogen (secondary N) is 1. The normalized spacial score (nSPS) is 15.7. The quantitative estimate of drug-likeness (QED) is 0.470. The van der Waals surface area contributed by atoms with Crippen molar-refractivity contribution in [3.8, 4) is 16.9 Å². The van der Waals surface area contributed by atoms with Crippen LogP contribution in [0.25, 0.3) is 11.1 Å². The Morgan fingerprint density at radius 2 is 2.03 bits per heavy atom. The lowest BCUT2D eigenvalue weighted by Crippen LogP contribution is -2.47.